The van der Waals surface area contributed by atoms with Gasteiger partial charge < -0.3 is 5.11 Å². The number of rotatable bonds is 5. The molecule has 1 atom stereocenters. The zero-order valence-electron chi connectivity index (χ0n) is 10.4. The van der Waals surface area contributed by atoms with Gasteiger partial charge in [-0.25, -0.2) is 17.9 Å². The molecule has 2 N–H and O–H groups in total. The van der Waals surface area contributed by atoms with Crippen LogP contribution in [0.5, 0.6) is 0 Å². The molecule has 0 bridgehead atoms. The van der Waals surface area contributed by atoms with Crippen molar-refractivity contribution in [2.24, 2.45) is 0 Å². The predicted molar refractivity (Wildman–Crippen MR) is 76.7 cm³/mol. The van der Waals surface area contributed by atoms with Gasteiger partial charge in [-0.3, -0.25) is 0 Å². The number of thiophene rings is 1. The van der Waals surface area contributed by atoms with E-state index in [1.807, 2.05) is 0 Å². The Bertz CT molecular complexity index is 573. The Balaban J connectivity index is 2.10. The van der Waals surface area contributed by atoms with Gasteiger partial charge in [-0.05, 0) is 37.1 Å². The number of hydrogen-bond acceptors (Lipinski definition) is 5. The lowest BCUT2D eigenvalue weighted by Crippen LogP contribution is -2.29. The largest absolute Gasteiger partial charge is 0.477 e. The van der Waals surface area contributed by atoms with Crippen LogP contribution < -0.4 is 4.72 Å². The molecule has 1 aliphatic heterocycles. The average Bonchev–Trinajstić information content (AvgIpc) is 2.95. The number of aryl methyl sites for hydroxylation is 1. The van der Waals surface area contributed by atoms with Crippen LogP contribution >= 0.6 is 23.1 Å². The summed E-state index contributed by atoms with van der Waals surface area (Å²) in [6.07, 6.45) is 2.15. The zero-order valence-corrected chi connectivity index (χ0v) is 12.8. The molecule has 2 rings (SSSR count). The number of thioether (sulfide) groups is 1. The van der Waals surface area contributed by atoms with Crippen LogP contribution in [0.25, 0.3) is 0 Å². The van der Waals surface area contributed by atoms with Gasteiger partial charge in [0.15, 0.2) is 0 Å². The number of nitrogens with one attached hydrogen (secondary N) is 1. The molecule has 5 nitrogen and oxygen atoms in total. The molecule has 1 fully saturated rings. The molecule has 2 heterocycles. The van der Waals surface area contributed by atoms with Crippen molar-refractivity contribution >= 4 is 39.1 Å². The zero-order chi connectivity index (χ0) is 14.0. The summed E-state index contributed by atoms with van der Waals surface area (Å²) in [6, 6.07) is 1.41. The van der Waals surface area contributed by atoms with E-state index in [0.717, 1.165) is 29.9 Å². The summed E-state index contributed by atoms with van der Waals surface area (Å²) in [5.74, 6) is -0.0106. The summed E-state index contributed by atoms with van der Waals surface area (Å²) in [7, 11) is -3.59. The molecule has 1 aromatic rings. The predicted octanol–water partition coefficient (Wildman–Crippen LogP) is 1.93. The molecule has 1 aromatic heterocycles. The first-order chi connectivity index (χ1) is 8.90. The van der Waals surface area contributed by atoms with Crippen molar-refractivity contribution < 1.29 is 18.3 Å². The number of carbonyl (C=O) groups is 1. The van der Waals surface area contributed by atoms with E-state index in [0.29, 0.717) is 17.4 Å². The first-order valence-corrected chi connectivity index (χ1v) is 9.20. The Morgan fingerprint density at radius 2 is 2.32 bits per heavy atom. The summed E-state index contributed by atoms with van der Waals surface area (Å²) in [5.41, 5.74) is 0.480. The van der Waals surface area contributed by atoms with E-state index in [9.17, 15) is 13.2 Å². The fourth-order valence-electron chi connectivity index (χ4n) is 1.88. The minimum Gasteiger partial charge on any atom is -0.477 e. The van der Waals surface area contributed by atoms with Crippen LogP contribution in [0.4, 0.5) is 0 Å². The van der Waals surface area contributed by atoms with Crippen molar-refractivity contribution in [3.8, 4) is 0 Å². The Kier molecular flexibility index (Phi) is 4.54. The van der Waals surface area contributed by atoms with Crippen molar-refractivity contribution in [1.82, 2.24) is 4.72 Å². The van der Waals surface area contributed by atoms with Crippen molar-refractivity contribution in [2.75, 3.05) is 12.3 Å². The Labute approximate surface area is 120 Å². The normalized spacial score (nSPS) is 19.7. The Morgan fingerprint density at radius 1 is 1.58 bits per heavy atom. The van der Waals surface area contributed by atoms with Gasteiger partial charge in [0.25, 0.3) is 0 Å². The van der Waals surface area contributed by atoms with Gasteiger partial charge in [0.05, 0.1) is 0 Å². The maximum atomic E-state index is 12.1. The third-order valence-corrected chi connectivity index (χ3v) is 7.40. The maximum Gasteiger partial charge on any atom is 0.346 e. The van der Waals surface area contributed by atoms with Gasteiger partial charge in [-0.1, -0.05) is 0 Å². The number of sulfonamides is 1. The lowest BCUT2D eigenvalue weighted by molar-refractivity contribution is 0.0701. The monoisotopic (exact) mass is 321 g/mol. The van der Waals surface area contributed by atoms with E-state index in [-0.39, 0.29) is 9.09 Å². The summed E-state index contributed by atoms with van der Waals surface area (Å²) in [6.45, 7) is 2.01. The number of carboxylic acid groups (broad SMARTS) is 1. The van der Waals surface area contributed by atoms with Crippen molar-refractivity contribution in [2.45, 2.75) is 29.2 Å². The maximum absolute atomic E-state index is 12.1. The van der Waals surface area contributed by atoms with Crippen LogP contribution in [0.2, 0.25) is 0 Å². The molecule has 106 valence electrons. The molecular weight excluding hydrogens is 306 g/mol. The van der Waals surface area contributed by atoms with Gasteiger partial charge in [0.2, 0.25) is 10.0 Å². The van der Waals surface area contributed by atoms with Crippen LogP contribution in [0, 0.1) is 6.92 Å². The van der Waals surface area contributed by atoms with E-state index in [4.69, 9.17) is 5.11 Å². The molecule has 1 unspecified atom stereocenters. The molecule has 0 aliphatic carbocycles. The van der Waals surface area contributed by atoms with E-state index >= 15 is 0 Å². The van der Waals surface area contributed by atoms with Gasteiger partial charge in [-0.2, -0.15) is 11.8 Å². The fourth-order valence-corrected chi connectivity index (χ4v) is 5.69. The Hall–Kier alpha value is -0.570. The molecular formula is C11H15NO4S3. The highest BCUT2D eigenvalue weighted by atomic mass is 32.2. The van der Waals surface area contributed by atoms with Crippen LogP contribution in [-0.2, 0) is 10.0 Å². The van der Waals surface area contributed by atoms with Gasteiger partial charge >= 0.3 is 5.97 Å². The van der Waals surface area contributed by atoms with Crippen LogP contribution in [-0.4, -0.2) is 37.0 Å². The molecule has 0 aromatic carbocycles. The molecule has 0 saturated carbocycles. The molecule has 8 heteroatoms. The van der Waals surface area contributed by atoms with E-state index < -0.39 is 16.0 Å². The smallest absolute Gasteiger partial charge is 0.346 e. The number of aromatic carboxylic acids is 1. The summed E-state index contributed by atoms with van der Waals surface area (Å²) >= 11 is 2.57. The van der Waals surface area contributed by atoms with E-state index in [1.165, 1.54) is 6.07 Å². The second-order valence-electron chi connectivity index (χ2n) is 4.37. The third kappa shape index (κ3) is 3.50. The molecule has 0 radical (unpaired) electrons. The second-order valence-corrected chi connectivity index (χ2v) is 8.82. The summed E-state index contributed by atoms with van der Waals surface area (Å²) < 4.78 is 26.8. The highest BCUT2D eigenvalue weighted by Crippen LogP contribution is 2.28. The Morgan fingerprint density at radius 3 is 2.84 bits per heavy atom. The van der Waals surface area contributed by atoms with Gasteiger partial charge in [0.1, 0.15) is 9.09 Å². The minimum absolute atomic E-state index is 0.0744. The minimum atomic E-state index is -3.59. The SMILES string of the molecule is Cc1cc(S(=O)(=O)NCC2CCCS2)sc1C(=O)O. The molecule has 19 heavy (non-hydrogen) atoms. The number of hydrogen-bond donors (Lipinski definition) is 2. The highest BCUT2D eigenvalue weighted by molar-refractivity contribution is 8.00. The molecule has 0 spiro atoms. The van der Waals surface area contributed by atoms with Crippen molar-refractivity contribution in [3.63, 3.8) is 0 Å². The number of carboxylic acids is 1. The van der Waals surface area contributed by atoms with Gasteiger partial charge in [0, 0.05) is 11.8 Å². The van der Waals surface area contributed by atoms with Crippen LogP contribution in [0.1, 0.15) is 28.1 Å². The first-order valence-electron chi connectivity index (χ1n) is 5.85. The quantitative estimate of drug-likeness (QED) is 0.866. The average molecular weight is 321 g/mol. The van der Waals surface area contributed by atoms with Gasteiger partial charge in [-0.15, -0.1) is 11.3 Å². The second kappa shape index (κ2) is 5.82. The standard InChI is InChI=1S/C11H15NO4S3/c1-7-5-9(18-10(7)11(13)14)19(15,16)12-6-8-3-2-4-17-8/h5,8,12H,2-4,6H2,1H3,(H,13,14). The highest BCUT2D eigenvalue weighted by Gasteiger charge is 2.23. The van der Waals surface area contributed by atoms with Crippen molar-refractivity contribution in [1.29, 1.82) is 0 Å². The van der Waals surface area contributed by atoms with E-state index in [1.54, 1.807) is 18.7 Å². The molecule has 1 saturated heterocycles. The fraction of sp³-hybridized carbons (Fsp3) is 0.545. The van der Waals surface area contributed by atoms with E-state index in [2.05, 4.69) is 4.72 Å². The third-order valence-electron chi connectivity index (χ3n) is 2.88. The van der Waals surface area contributed by atoms with Crippen molar-refractivity contribution in [3.05, 3.63) is 16.5 Å². The summed E-state index contributed by atoms with van der Waals surface area (Å²) in [5, 5.41) is 9.27. The van der Waals surface area contributed by atoms with Crippen LogP contribution in [0.3, 0.4) is 0 Å². The lowest BCUT2D eigenvalue weighted by Gasteiger charge is -2.09. The summed E-state index contributed by atoms with van der Waals surface area (Å²) in [4.78, 5) is 11.0. The van der Waals surface area contributed by atoms with Crippen LogP contribution in [0.15, 0.2) is 10.3 Å². The first kappa shape index (κ1) is 14.8. The lowest BCUT2D eigenvalue weighted by atomic mass is 10.2. The molecule has 1 aliphatic rings. The molecule has 0 amide bonds. The topological polar surface area (TPSA) is 83.5 Å².